The monoisotopic (exact) mass is 598 g/mol. The lowest BCUT2D eigenvalue weighted by molar-refractivity contribution is 0.348. The van der Waals surface area contributed by atoms with Crippen molar-refractivity contribution in [2.45, 2.75) is 6.92 Å². The minimum atomic E-state index is -1.05. The summed E-state index contributed by atoms with van der Waals surface area (Å²) in [5.41, 5.74) is 3.44. The first kappa shape index (κ1) is 27.5. The third-order valence-corrected chi connectivity index (χ3v) is 8.32. The minimum absolute atomic E-state index is 0.0418. The fourth-order valence-electron chi connectivity index (χ4n) is 6.41. The molecule has 45 heavy (non-hydrogen) atoms. The van der Waals surface area contributed by atoms with Crippen LogP contribution in [-0.2, 0) is 0 Å². The summed E-state index contributed by atoms with van der Waals surface area (Å²) in [7, 11) is 0. The van der Waals surface area contributed by atoms with E-state index in [9.17, 15) is 35.7 Å². The molecule has 7 N–H and O–H groups in total. The summed E-state index contributed by atoms with van der Waals surface area (Å²) < 4.78 is 5.96. The van der Waals surface area contributed by atoms with Crippen LogP contribution in [0.4, 0.5) is 0 Å². The molecule has 0 bridgehead atoms. The zero-order valence-electron chi connectivity index (χ0n) is 23.8. The van der Waals surface area contributed by atoms with Crippen molar-refractivity contribution in [1.29, 1.82) is 0 Å². The van der Waals surface area contributed by atoms with Gasteiger partial charge < -0.3 is 40.2 Å². The maximum Gasteiger partial charge on any atom is 0.208 e. The van der Waals surface area contributed by atoms with Crippen LogP contribution in [0.25, 0.3) is 77.9 Å². The Morgan fingerprint density at radius 2 is 1.04 bits per heavy atom. The van der Waals surface area contributed by atoms with E-state index in [1.165, 1.54) is 0 Å². The molecule has 8 heteroatoms. The number of benzene rings is 6. The number of allylic oxidation sites excluding steroid dienone is 1. The van der Waals surface area contributed by atoms with E-state index in [-0.39, 0.29) is 21.9 Å². The number of rotatable bonds is 4. The molecule has 0 saturated heterocycles. The quantitative estimate of drug-likeness (QED) is 0.0602. The SMILES string of the molecule is C=Cc1c(/C=C\C)cccc1-c1c2ccccc2c(-c2c(O)c(O)c(O)c3c2oc2c(O)c(O)c(O)c(O)c23)c2ccccc12. The summed E-state index contributed by atoms with van der Waals surface area (Å²) in [5.74, 6) is -6.35. The van der Waals surface area contributed by atoms with Gasteiger partial charge in [0.05, 0.1) is 16.3 Å². The van der Waals surface area contributed by atoms with E-state index < -0.39 is 45.8 Å². The van der Waals surface area contributed by atoms with Gasteiger partial charge in [0.2, 0.25) is 23.0 Å². The van der Waals surface area contributed by atoms with Crippen molar-refractivity contribution >= 4 is 55.6 Å². The lowest BCUT2D eigenvalue weighted by Crippen LogP contribution is -1.94. The van der Waals surface area contributed by atoms with Gasteiger partial charge in [-0.1, -0.05) is 91.5 Å². The molecule has 1 aromatic heterocycles. The predicted octanol–water partition coefficient (Wildman–Crippen LogP) is 8.84. The maximum absolute atomic E-state index is 11.5. The van der Waals surface area contributed by atoms with Crippen LogP contribution in [0.2, 0.25) is 0 Å². The molecule has 0 radical (unpaired) electrons. The van der Waals surface area contributed by atoms with Crippen LogP contribution in [0, 0.1) is 0 Å². The number of hydrogen-bond donors (Lipinski definition) is 7. The lowest BCUT2D eigenvalue weighted by atomic mass is 9.83. The predicted molar refractivity (Wildman–Crippen MR) is 176 cm³/mol. The first-order valence-corrected chi connectivity index (χ1v) is 14.0. The van der Waals surface area contributed by atoms with Crippen LogP contribution in [-0.4, -0.2) is 35.7 Å². The first-order chi connectivity index (χ1) is 21.7. The Morgan fingerprint density at radius 3 is 1.60 bits per heavy atom. The molecule has 0 unspecified atom stereocenters. The summed E-state index contributed by atoms with van der Waals surface area (Å²) in [6.07, 6.45) is 5.78. The van der Waals surface area contributed by atoms with E-state index in [1.54, 1.807) is 0 Å². The second-order valence-corrected chi connectivity index (χ2v) is 10.7. The van der Waals surface area contributed by atoms with Gasteiger partial charge >= 0.3 is 0 Å². The van der Waals surface area contributed by atoms with Crippen molar-refractivity contribution in [2.24, 2.45) is 0 Å². The van der Waals surface area contributed by atoms with E-state index in [2.05, 4.69) is 6.58 Å². The van der Waals surface area contributed by atoms with Gasteiger partial charge in [-0.2, -0.15) is 0 Å². The van der Waals surface area contributed by atoms with Crippen molar-refractivity contribution in [2.75, 3.05) is 0 Å². The highest BCUT2D eigenvalue weighted by atomic mass is 16.4. The van der Waals surface area contributed by atoms with Crippen LogP contribution in [0.3, 0.4) is 0 Å². The molecule has 7 rings (SSSR count). The Kier molecular flexibility index (Phi) is 6.05. The van der Waals surface area contributed by atoms with Crippen LogP contribution < -0.4 is 0 Å². The molecule has 0 aliphatic carbocycles. The molecule has 7 aromatic rings. The Hall–Kier alpha value is -6.28. The Bertz CT molecular complexity index is 2370. The van der Waals surface area contributed by atoms with Gasteiger partial charge in [0.1, 0.15) is 0 Å². The van der Waals surface area contributed by atoms with E-state index in [4.69, 9.17) is 4.42 Å². The molecule has 0 aliphatic heterocycles. The number of phenolic OH excluding ortho intramolecular Hbond substituents is 7. The summed E-state index contributed by atoms with van der Waals surface area (Å²) >= 11 is 0. The molecule has 222 valence electrons. The molecule has 0 aliphatic rings. The van der Waals surface area contributed by atoms with Gasteiger partial charge in [-0.25, -0.2) is 0 Å². The number of hydrogen-bond acceptors (Lipinski definition) is 8. The van der Waals surface area contributed by atoms with Crippen molar-refractivity contribution in [3.05, 3.63) is 90.5 Å². The molecule has 0 atom stereocenters. The van der Waals surface area contributed by atoms with Gasteiger partial charge in [0.25, 0.3) is 0 Å². The Morgan fingerprint density at radius 1 is 0.533 bits per heavy atom. The van der Waals surface area contributed by atoms with E-state index in [1.807, 2.05) is 91.9 Å². The zero-order valence-corrected chi connectivity index (χ0v) is 23.8. The number of aromatic hydroxyl groups is 7. The summed E-state index contributed by atoms with van der Waals surface area (Å²) in [6, 6.07) is 21.0. The topological polar surface area (TPSA) is 155 Å². The average Bonchev–Trinajstić information content (AvgIpc) is 3.46. The van der Waals surface area contributed by atoms with E-state index in [0.717, 1.165) is 33.0 Å². The largest absolute Gasteiger partial charge is 0.504 e. The third-order valence-electron chi connectivity index (χ3n) is 8.32. The van der Waals surface area contributed by atoms with E-state index in [0.29, 0.717) is 16.3 Å². The average molecular weight is 599 g/mol. The summed E-state index contributed by atoms with van der Waals surface area (Å²) in [6.45, 7) is 6.03. The molecule has 1 heterocycles. The third kappa shape index (κ3) is 3.66. The first-order valence-electron chi connectivity index (χ1n) is 14.0. The van der Waals surface area contributed by atoms with Gasteiger partial charge in [-0.3, -0.25) is 0 Å². The van der Waals surface area contributed by atoms with Gasteiger partial charge in [0.15, 0.2) is 28.4 Å². The number of furan rings is 1. The normalized spacial score (nSPS) is 11.8. The zero-order chi connectivity index (χ0) is 31.7. The highest BCUT2D eigenvalue weighted by molar-refractivity contribution is 6.27. The van der Waals surface area contributed by atoms with Gasteiger partial charge in [-0.05, 0) is 50.7 Å². The second-order valence-electron chi connectivity index (χ2n) is 10.7. The highest BCUT2D eigenvalue weighted by Gasteiger charge is 2.32. The maximum atomic E-state index is 11.5. The van der Waals surface area contributed by atoms with Crippen molar-refractivity contribution in [1.82, 2.24) is 0 Å². The molecule has 0 saturated carbocycles. The highest BCUT2D eigenvalue weighted by Crippen LogP contribution is 2.60. The molecular weight excluding hydrogens is 572 g/mol. The van der Waals surface area contributed by atoms with E-state index >= 15 is 0 Å². The molecule has 0 spiro atoms. The molecule has 0 fully saturated rings. The summed E-state index contributed by atoms with van der Waals surface area (Å²) in [4.78, 5) is 0. The van der Waals surface area contributed by atoms with Crippen LogP contribution in [0.1, 0.15) is 18.1 Å². The number of phenols is 7. The lowest BCUT2D eigenvalue weighted by Gasteiger charge is -2.20. The van der Waals surface area contributed by atoms with Crippen molar-refractivity contribution < 1.29 is 40.2 Å². The minimum Gasteiger partial charge on any atom is -0.504 e. The molecular formula is C37H26O8. The Balaban J connectivity index is 1.73. The van der Waals surface area contributed by atoms with Crippen LogP contribution in [0.15, 0.2) is 83.8 Å². The second kappa shape index (κ2) is 9.89. The van der Waals surface area contributed by atoms with Crippen molar-refractivity contribution in [3.8, 4) is 62.5 Å². The number of fused-ring (bicyclic) bond motifs is 5. The van der Waals surface area contributed by atoms with Crippen LogP contribution >= 0.6 is 0 Å². The summed E-state index contributed by atoms with van der Waals surface area (Å²) in [5, 5.41) is 77.6. The fourth-order valence-corrected chi connectivity index (χ4v) is 6.41. The fraction of sp³-hybridized carbons (Fsp3) is 0.0270. The van der Waals surface area contributed by atoms with Crippen molar-refractivity contribution in [3.63, 3.8) is 0 Å². The molecule has 6 aromatic carbocycles. The smallest absolute Gasteiger partial charge is 0.208 e. The van der Waals surface area contributed by atoms with Gasteiger partial charge in [-0.15, -0.1) is 0 Å². The molecule has 8 nitrogen and oxygen atoms in total. The van der Waals surface area contributed by atoms with Crippen LogP contribution in [0.5, 0.6) is 40.2 Å². The Labute approximate surface area is 255 Å². The van der Waals surface area contributed by atoms with Gasteiger partial charge in [0, 0.05) is 5.56 Å². The molecule has 0 amide bonds. The standard InChI is InChI=1S/C37H26O8/c1-3-10-17-11-9-16-19(18(17)4-2)24-20-12-5-7-14-22(20)25(23-15-8-6-13-21(23)24)26-29(38)32(41)30(39)27-28-31(40)33(42)34(43)35(44)37(28)45-36(26)27/h3-16,38-44H,2H2,1H3/b10-3-.